The van der Waals surface area contributed by atoms with Gasteiger partial charge in [0.15, 0.2) is 11.6 Å². The Kier molecular flexibility index (Phi) is 3.68. The highest BCUT2D eigenvalue weighted by molar-refractivity contribution is 7.85. The van der Waals surface area contributed by atoms with Crippen molar-refractivity contribution in [3.05, 3.63) is 61.6 Å². The molecule has 1 N–H and O–H groups in total. The zero-order valence-electron chi connectivity index (χ0n) is 10.4. The van der Waals surface area contributed by atoms with Crippen LogP contribution in [0.2, 0.25) is 0 Å². The number of carbonyl (C=O) groups excluding carboxylic acids is 2. The molecule has 0 fully saturated rings. The van der Waals surface area contributed by atoms with Crippen LogP contribution in [-0.2, 0) is 10.1 Å². The lowest BCUT2D eigenvalue weighted by molar-refractivity contribution is 0.0972. The largest absolute Gasteiger partial charge is 0.294 e. The molecule has 0 saturated heterocycles. The molecule has 1 aromatic carbocycles. The number of fused-ring (bicyclic) bond motifs is 1. The molecule has 110 valence electrons. The van der Waals surface area contributed by atoms with Crippen LogP contribution in [0.25, 0.3) is 20.9 Å². The van der Waals surface area contributed by atoms with Gasteiger partial charge in [-0.3, -0.25) is 14.1 Å². The van der Waals surface area contributed by atoms with E-state index in [0.29, 0.717) is 0 Å². The molecular weight excluding hydrogens is 316 g/mol. The summed E-state index contributed by atoms with van der Waals surface area (Å²) >= 11 is 0. The number of ketones is 2. The molecule has 0 unspecified atom stereocenters. The third kappa shape index (κ3) is 2.41. The Morgan fingerprint density at radius 3 is 1.91 bits per heavy atom. The first-order chi connectivity index (χ1) is 10.3. The van der Waals surface area contributed by atoms with Crippen LogP contribution >= 0.6 is 0 Å². The molecule has 11 nitrogen and oxygen atoms in total. The molecule has 0 aliphatic heterocycles. The Morgan fingerprint density at radius 2 is 1.45 bits per heavy atom. The molecule has 12 heteroatoms. The molecule has 22 heavy (non-hydrogen) atoms. The van der Waals surface area contributed by atoms with Gasteiger partial charge in [-0.15, -0.1) is 0 Å². The SMILES string of the molecule is [N-]=[N+]=NC1=C(N=[N+]=[N-])C(=O)c2cc(S(=O)(=O)O)ccc2C1=O. The van der Waals surface area contributed by atoms with Crippen molar-refractivity contribution in [1.82, 2.24) is 0 Å². The van der Waals surface area contributed by atoms with Crippen molar-refractivity contribution in [2.24, 2.45) is 10.2 Å². The zero-order chi connectivity index (χ0) is 16.5. The maximum absolute atomic E-state index is 12.2. The summed E-state index contributed by atoms with van der Waals surface area (Å²) in [4.78, 5) is 28.4. The van der Waals surface area contributed by atoms with E-state index in [2.05, 4.69) is 20.1 Å². The molecule has 1 aliphatic carbocycles. The Bertz CT molecular complexity index is 950. The predicted octanol–water partition coefficient (Wildman–Crippen LogP) is 2.14. The van der Waals surface area contributed by atoms with Crippen LogP contribution in [0.4, 0.5) is 0 Å². The van der Waals surface area contributed by atoms with Crippen molar-refractivity contribution in [3.8, 4) is 0 Å². The van der Waals surface area contributed by atoms with Crippen LogP contribution in [0.5, 0.6) is 0 Å². The van der Waals surface area contributed by atoms with Gasteiger partial charge in [0.1, 0.15) is 0 Å². The van der Waals surface area contributed by atoms with Crippen LogP contribution in [0, 0.1) is 0 Å². The summed E-state index contributed by atoms with van der Waals surface area (Å²) < 4.78 is 31.1. The van der Waals surface area contributed by atoms with E-state index in [-0.39, 0.29) is 11.1 Å². The van der Waals surface area contributed by atoms with Crippen LogP contribution in [0.15, 0.2) is 44.7 Å². The topological polar surface area (TPSA) is 186 Å². The monoisotopic (exact) mass is 320 g/mol. The lowest BCUT2D eigenvalue weighted by atomic mass is 9.91. The van der Waals surface area contributed by atoms with E-state index in [9.17, 15) is 18.0 Å². The highest BCUT2D eigenvalue weighted by Crippen LogP contribution is 2.29. The van der Waals surface area contributed by atoms with Gasteiger partial charge in [0.25, 0.3) is 10.1 Å². The minimum absolute atomic E-state index is 0.239. The van der Waals surface area contributed by atoms with Crippen molar-refractivity contribution in [2.45, 2.75) is 4.90 Å². The number of nitrogens with zero attached hydrogens (tertiary/aromatic N) is 6. The average Bonchev–Trinajstić information content (AvgIpc) is 2.47. The molecule has 2 rings (SSSR count). The summed E-state index contributed by atoms with van der Waals surface area (Å²) in [6.45, 7) is 0. The zero-order valence-corrected chi connectivity index (χ0v) is 11.2. The minimum Gasteiger partial charge on any atom is -0.289 e. The van der Waals surface area contributed by atoms with E-state index in [4.69, 9.17) is 15.6 Å². The van der Waals surface area contributed by atoms with Gasteiger partial charge in [0.05, 0.1) is 16.3 Å². The Hall–Kier alpha value is -3.17. The molecular formula is C10H4N6O5S. The molecule has 0 aromatic heterocycles. The number of benzene rings is 1. The normalized spacial score (nSPS) is 14.0. The highest BCUT2D eigenvalue weighted by atomic mass is 32.2. The van der Waals surface area contributed by atoms with Crippen LogP contribution < -0.4 is 0 Å². The smallest absolute Gasteiger partial charge is 0.289 e. The van der Waals surface area contributed by atoms with E-state index in [1.165, 1.54) is 0 Å². The summed E-state index contributed by atoms with van der Waals surface area (Å²) in [5, 5.41) is 6.06. The number of hydrogen-bond donors (Lipinski definition) is 1. The van der Waals surface area contributed by atoms with Crippen LogP contribution in [0.1, 0.15) is 20.7 Å². The lowest BCUT2D eigenvalue weighted by Gasteiger charge is -2.16. The number of hydrogen-bond acceptors (Lipinski definition) is 6. The first-order valence-electron chi connectivity index (χ1n) is 5.36. The molecule has 0 radical (unpaired) electrons. The maximum Gasteiger partial charge on any atom is 0.294 e. The fraction of sp³-hybridized carbons (Fsp3) is 0. The van der Waals surface area contributed by atoms with E-state index >= 15 is 0 Å². The fourth-order valence-corrected chi connectivity index (χ4v) is 2.32. The number of rotatable bonds is 3. The summed E-state index contributed by atoms with van der Waals surface area (Å²) in [5.74, 6) is -1.91. The standard InChI is InChI=1S/C10H4N6O5S/c11-15-13-7-8(14-16-12)10(18)6-3-4(22(19,20)21)1-2-5(6)9(7)17/h1-3H,(H,19,20,21). The van der Waals surface area contributed by atoms with Gasteiger partial charge in [0, 0.05) is 21.0 Å². The van der Waals surface area contributed by atoms with Crippen molar-refractivity contribution in [1.29, 1.82) is 0 Å². The predicted molar refractivity (Wildman–Crippen MR) is 70.2 cm³/mol. The average molecular weight is 320 g/mol. The third-order valence-electron chi connectivity index (χ3n) is 2.72. The fourth-order valence-electron chi connectivity index (χ4n) is 1.81. The summed E-state index contributed by atoms with van der Waals surface area (Å²) in [5.41, 5.74) is 14.8. The second-order valence-corrected chi connectivity index (χ2v) is 5.34. The second kappa shape index (κ2) is 5.31. The van der Waals surface area contributed by atoms with E-state index in [0.717, 1.165) is 18.2 Å². The van der Waals surface area contributed by atoms with E-state index in [1.807, 2.05) is 0 Å². The van der Waals surface area contributed by atoms with Crippen LogP contribution in [-0.4, -0.2) is 24.5 Å². The number of carbonyl (C=O) groups is 2. The van der Waals surface area contributed by atoms with Gasteiger partial charge in [-0.05, 0) is 29.3 Å². The molecule has 0 amide bonds. The molecule has 1 aromatic rings. The Labute approximate surface area is 121 Å². The van der Waals surface area contributed by atoms with Crippen molar-refractivity contribution >= 4 is 21.7 Å². The van der Waals surface area contributed by atoms with E-state index < -0.39 is 38.0 Å². The van der Waals surface area contributed by atoms with E-state index in [1.54, 1.807) is 0 Å². The number of allylic oxidation sites excluding steroid dienone is 2. The van der Waals surface area contributed by atoms with Crippen LogP contribution in [0.3, 0.4) is 0 Å². The quantitative estimate of drug-likeness (QED) is 0.386. The molecule has 1 aliphatic rings. The van der Waals surface area contributed by atoms with Gasteiger partial charge in [-0.25, -0.2) is 0 Å². The van der Waals surface area contributed by atoms with Gasteiger partial charge in [-0.2, -0.15) is 8.42 Å². The Morgan fingerprint density at radius 1 is 0.955 bits per heavy atom. The van der Waals surface area contributed by atoms with Gasteiger partial charge < -0.3 is 0 Å². The summed E-state index contributed by atoms with van der Waals surface area (Å²) in [6, 6.07) is 2.66. The van der Waals surface area contributed by atoms with Gasteiger partial charge >= 0.3 is 0 Å². The first kappa shape index (κ1) is 15.2. The molecule has 0 bridgehead atoms. The van der Waals surface area contributed by atoms with Gasteiger partial charge in [0.2, 0.25) is 0 Å². The molecule has 0 saturated carbocycles. The third-order valence-corrected chi connectivity index (χ3v) is 3.57. The van der Waals surface area contributed by atoms with Crippen molar-refractivity contribution < 1.29 is 22.6 Å². The molecule has 0 atom stereocenters. The number of Topliss-reactive ketones (excluding diaryl/α,β-unsaturated/α-hetero) is 2. The minimum atomic E-state index is -4.60. The summed E-state index contributed by atoms with van der Waals surface area (Å²) in [7, 11) is -4.60. The van der Waals surface area contributed by atoms with Crippen molar-refractivity contribution in [2.75, 3.05) is 0 Å². The maximum atomic E-state index is 12.2. The highest BCUT2D eigenvalue weighted by Gasteiger charge is 2.32. The molecule has 0 heterocycles. The summed E-state index contributed by atoms with van der Waals surface area (Å²) in [6.07, 6.45) is 0. The lowest BCUT2D eigenvalue weighted by Crippen LogP contribution is -2.21. The van der Waals surface area contributed by atoms with Crippen molar-refractivity contribution in [3.63, 3.8) is 0 Å². The first-order valence-corrected chi connectivity index (χ1v) is 6.80. The molecule has 0 spiro atoms. The second-order valence-electron chi connectivity index (χ2n) is 3.92. The van der Waals surface area contributed by atoms with Gasteiger partial charge in [-0.1, -0.05) is 10.2 Å². The number of azide groups is 2. The Balaban J connectivity index is 2.81.